The van der Waals surface area contributed by atoms with Crippen molar-refractivity contribution in [3.63, 3.8) is 0 Å². The molecule has 0 saturated carbocycles. The molecule has 0 unspecified atom stereocenters. The molecule has 0 spiro atoms. The van der Waals surface area contributed by atoms with Crippen molar-refractivity contribution in [3.05, 3.63) is 17.5 Å². The van der Waals surface area contributed by atoms with Crippen LogP contribution in [0.2, 0.25) is 0 Å². The maximum Gasteiger partial charge on any atom is 0.221 e. The lowest BCUT2D eigenvalue weighted by atomic mass is 10.2. The van der Waals surface area contributed by atoms with Gasteiger partial charge < -0.3 is 15.4 Å². The van der Waals surface area contributed by atoms with E-state index in [1.54, 1.807) is 0 Å². The van der Waals surface area contributed by atoms with Crippen molar-refractivity contribution in [1.29, 1.82) is 0 Å². The van der Waals surface area contributed by atoms with Crippen LogP contribution in [0.15, 0.2) is 6.07 Å². The van der Waals surface area contributed by atoms with Gasteiger partial charge in [-0.2, -0.15) is 5.10 Å². The first-order chi connectivity index (χ1) is 11.6. The first-order valence-corrected chi connectivity index (χ1v) is 8.96. The minimum Gasteiger partial charge on any atom is -0.378 e. The van der Waals surface area contributed by atoms with Crippen LogP contribution in [0.25, 0.3) is 0 Å². The summed E-state index contributed by atoms with van der Waals surface area (Å²) in [6.45, 7) is 11.2. The summed E-state index contributed by atoms with van der Waals surface area (Å²) < 4.78 is 7.45. The Kier molecular flexibility index (Phi) is 5.86. The van der Waals surface area contributed by atoms with Crippen molar-refractivity contribution in [3.8, 4) is 0 Å². The molecule has 1 aromatic rings. The van der Waals surface area contributed by atoms with E-state index in [2.05, 4.69) is 45.2 Å². The highest BCUT2D eigenvalue weighted by molar-refractivity contribution is 5.76. The first kappa shape index (κ1) is 17.4. The zero-order valence-electron chi connectivity index (χ0n) is 14.8. The van der Waals surface area contributed by atoms with Crippen molar-refractivity contribution < 1.29 is 9.53 Å². The number of fused-ring (bicyclic) bond motifs is 1. The molecule has 2 aliphatic heterocycles. The number of nitrogens with one attached hydrogen (secondary N) is 2. The Hall–Kier alpha value is -1.44. The zero-order valence-corrected chi connectivity index (χ0v) is 14.8. The highest BCUT2D eigenvalue weighted by atomic mass is 16.5. The molecule has 0 aromatic carbocycles. The van der Waals surface area contributed by atoms with E-state index in [0.29, 0.717) is 25.5 Å². The summed E-state index contributed by atoms with van der Waals surface area (Å²) in [5.74, 6) is 0.723. The zero-order chi connectivity index (χ0) is 16.9. The summed E-state index contributed by atoms with van der Waals surface area (Å²) in [6.07, 6.45) is 0.454. The standard InChI is InChI=1S/C17H29N5O2/c1-13(2)10-21-4-5-22-16(11-21)7-14(20-22)9-19-17(23)8-15-12-24-6-3-18-15/h7,13,15,18H,3-6,8-12H2,1-2H3,(H,19,23)/t15-/m1/s1. The molecule has 1 amide bonds. The number of hydrogen-bond donors (Lipinski definition) is 2. The normalized spacial score (nSPS) is 21.7. The van der Waals surface area contributed by atoms with Crippen LogP contribution in [0, 0.1) is 5.92 Å². The lowest BCUT2D eigenvalue weighted by molar-refractivity contribution is -0.122. The Balaban J connectivity index is 1.46. The van der Waals surface area contributed by atoms with Gasteiger partial charge in [-0.3, -0.25) is 14.4 Å². The molecule has 134 valence electrons. The van der Waals surface area contributed by atoms with E-state index < -0.39 is 0 Å². The third kappa shape index (κ3) is 4.78. The maximum absolute atomic E-state index is 12.1. The smallest absolute Gasteiger partial charge is 0.221 e. The molecule has 7 heteroatoms. The number of ether oxygens (including phenoxy) is 1. The predicted octanol–water partition coefficient (Wildman–Crippen LogP) is 0.349. The average molecular weight is 335 g/mol. The van der Waals surface area contributed by atoms with Gasteiger partial charge in [-0.1, -0.05) is 13.8 Å². The number of nitrogens with zero attached hydrogens (tertiary/aromatic N) is 3. The summed E-state index contributed by atoms with van der Waals surface area (Å²) >= 11 is 0. The molecular weight excluding hydrogens is 306 g/mol. The highest BCUT2D eigenvalue weighted by Crippen LogP contribution is 2.15. The SMILES string of the molecule is CC(C)CN1CCn2nc(CNC(=O)C[C@@H]3COCCN3)cc2C1. The predicted molar refractivity (Wildman–Crippen MR) is 91.4 cm³/mol. The largest absolute Gasteiger partial charge is 0.378 e. The van der Waals surface area contributed by atoms with Crippen molar-refractivity contribution in [2.24, 2.45) is 5.92 Å². The molecular formula is C17H29N5O2. The lowest BCUT2D eigenvalue weighted by Gasteiger charge is -2.28. The molecule has 2 N–H and O–H groups in total. The van der Waals surface area contributed by atoms with Crippen LogP contribution in [0.4, 0.5) is 0 Å². The molecule has 1 atom stereocenters. The number of hydrogen-bond acceptors (Lipinski definition) is 5. The molecule has 2 aliphatic rings. The Bertz CT molecular complexity index is 551. The minimum atomic E-state index is 0.0467. The van der Waals surface area contributed by atoms with Crippen molar-refractivity contribution in [2.75, 3.05) is 32.8 Å². The number of rotatable bonds is 6. The van der Waals surface area contributed by atoms with E-state index in [4.69, 9.17) is 4.74 Å². The second kappa shape index (κ2) is 8.09. The summed E-state index contributed by atoms with van der Waals surface area (Å²) in [5.41, 5.74) is 2.19. The Morgan fingerprint density at radius 1 is 1.50 bits per heavy atom. The second-order valence-corrected chi connectivity index (χ2v) is 7.19. The Labute approximate surface area is 143 Å². The van der Waals surface area contributed by atoms with Crippen LogP contribution in [-0.4, -0.2) is 59.5 Å². The molecule has 7 nitrogen and oxygen atoms in total. The topological polar surface area (TPSA) is 71.4 Å². The molecule has 3 heterocycles. The summed E-state index contributed by atoms with van der Waals surface area (Å²) in [5, 5.41) is 10.9. The van der Waals surface area contributed by atoms with E-state index in [1.165, 1.54) is 5.69 Å². The summed E-state index contributed by atoms with van der Waals surface area (Å²) in [6, 6.07) is 2.24. The van der Waals surface area contributed by atoms with Crippen LogP contribution in [-0.2, 0) is 29.2 Å². The van der Waals surface area contributed by atoms with Crippen molar-refractivity contribution >= 4 is 5.91 Å². The monoisotopic (exact) mass is 335 g/mol. The van der Waals surface area contributed by atoms with Crippen LogP contribution < -0.4 is 10.6 Å². The third-order valence-electron chi connectivity index (χ3n) is 4.45. The van der Waals surface area contributed by atoms with Crippen LogP contribution in [0.1, 0.15) is 31.7 Å². The minimum absolute atomic E-state index is 0.0467. The van der Waals surface area contributed by atoms with Crippen molar-refractivity contribution in [1.82, 2.24) is 25.3 Å². The van der Waals surface area contributed by atoms with Crippen molar-refractivity contribution in [2.45, 2.75) is 45.9 Å². The highest BCUT2D eigenvalue weighted by Gasteiger charge is 2.20. The Morgan fingerprint density at radius 3 is 3.12 bits per heavy atom. The molecule has 1 fully saturated rings. The van der Waals surface area contributed by atoms with E-state index >= 15 is 0 Å². The number of aromatic nitrogens is 2. The van der Waals surface area contributed by atoms with Crippen LogP contribution in [0.3, 0.4) is 0 Å². The number of carbonyl (C=O) groups excluding carboxylic acids is 1. The van der Waals surface area contributed by atoms with E-state index in [1.807, 2.05) is 0 Å². The van der Waals surface area contributed by atoms with E-state index in [9.17, 15) is 4.79 Å². The molecule has 0 aliphatic carbocycles. The fraction of sp³-hybridized carbons (Fsp3) is 0.765. The fourth-order valence-electron chi connectivity index (χ4n) is 3.37. The van der Waals surface area contributed by atoms with Gasteiger partial charge in [-0.05, 0) is 12.0 Å². The second-order valence-electron chi connectivity index (χ2n) is 7.19. The molecule has 1 aromatic heterocycles. The molecule has 24 heavy (non-hydrogen) atoms. The van der Waals surface area contributed by atoms with Gasteiger partial charge >= 0.3 is 0 Å². The maximum atomic E-state index is 12.1. The van der Waals surface area contributed by atoms with Gasteiger partial charge in [0, 0.05) is 38.6 Å². The van der Waals surface area contributed by atoms with Gasteiger partial charge in [-0.25, -0.2) is 0 Å². The van der Waals surface area contributed by atoms with Gasteiger partial charge in [0.2, 0.25) is 5.91 Å². The van der Waals surface area contributed by atoms with Gasteiger partial charge in [0.15, 0.2) is 0 Å². The first-order valence-electron chi connectivity index (χ1n) is 8.96. The fourth-order valence-corrected chi connectivity index (χ4v) is 3.37. The Morgan fingerprint density at radius 2 is 2.38 bits per heavy atom. The van der Waals surface area contributed by atoms with E-state index in [-0.39, 0.29) is 11.9 Å². The quantitative estimate of drug-likeness (QED) is 0.785. The number of carbonyl (C=O) groups is 1. The summed E-state index contributed by atoms with van der Waals surface area (Å²) in [4.78, 5) is 14.5. The summed E-state index contributed by atoms with van der Waals surface area (Å²) in [7, 11) is 0. The molecule has 0 bridgehead atoms. The van der Waals surface area contributed by atoms with Gasteiger partial charge in [0.05, 0.1) is 37.7 Å². The van der Waals surface area contributed by atoms with Crippen LogP contribution >= 0.6 is 0 Å². The average Bonchev–Trinajstić information content (AvgIpc) is 2.95. The van der Waals surface area contributed by atoms with Crippen LogP contribution in [0.5, 0.6) is 0 Å². The third-order valence-corrected chi connectivity index (χ3v) is 4.45. The van der Waals surface area contributed by atoms with Gasteiger partial charge in [0.25, 0.3) is 0 Å². The van der Waals surface area contributed by atoms with E-state index in [0.717, 1.165) is 45.0 Å². The molecule has 1 saturated heterocycles. The van der Waals surface area contributed by atoms with Gasteiger partial charge in [-0.15, -0.1) is 0 Å². The molecule has 0 radical (unpaired) electrons. The number of morpholine rings is 1. The molecule has 3 rings (SSSR count). The van der Waals surface area contributed by atoms with Gasteiger partial charge in [0.1, 0.15) is 0 Å². The number of amides is 1. The lowest BCUT2D eigenvalue weighted by Crippen LogP contribution is -2.44.